The molecule has 0 aliphatic carbocycles. The summed E-state index contributed by atoms with van der Waals surface area (Å²) in [7, 11) is 3.12. The van der Waals surface area contributed by atoms with E-state index in [1.807, 2.05) is 6.92 Å². The largest absolute Gasteiger partial charge is 0.493 e. The van der Waals surface area contributed by atoms with E-state index < -0.39 is 0 Å². The van der Waals surface area contributed by atoms with Gasteiger partial charge in [0, 0.05) is 11.6 Å². The average molecular weight is 275 g/mol. The molecule has 106 valence electrons. The highest BCUT2D eigenvalue weighted by molar-refractivity contribution is 5.68. The number of hydrogen-bond acceptors (Lipinski definition) is 3. The van der Waals surface area contributed by atoms with Gasteiger partial charge in [-0.2, -0.15) is 0 Å². The fourth-order valence-electron chi connectivity index (χ4n) is 2.05. The van der Waals surface area contributed by atoms with Crippen molar-refractivity contribution in [2.75, 3.05) is 14.2 Å². The zero-order chi connectivity index (χ0) is 14.7. The van der Waals surface area contributed by atoms with Crippen LogP contribution in [-0.4, -0.2) is 14.2 Å². The van der Waals surface area contributed by atoms with E-state index in [0.717, 1.165) is 11.1 Å². The van der Waals surface area contributed by atoms with Crippen LogP contribution < -0.4 is 15.2 Å². The van der Waals surface area contributed by atoms with E-state index in [0.29, 0.717) is 17.1 Å². The molecule has 2 rings (SSSR count). The van der Waals surface area contributed by atoms with Crippen LogP contribution in [0, 0.1) is 5.82 Å². The number of halogens is 1. The maximum atomic E-state index is 14.0. The average Bonchev–Trinajstić information content (AvgIpc) is 2.46. The summed E-state index contributed by atoms with van der Waals surface area (Å²) in [6.45, 7) is 1.87. The monoisotopic (exact) mass is 275 g/mol. The summed E-state index contributed by atoms with van der Waals surface area (Å²) < 4.78 is 24.4. The summed E-state index contributed by atoms with van der Waals surface area (Å²) in [5.74, 6) is 0.886. The van der Waals surface area contributed by atoms with Crippen LogP contribution in [0.2, 0.25) is 0 Å². The van der Waals surface area contributed by atoms with Crippen molar-refractivity contribution in [2.24, 2.45) is 5.73 Å². The van der Waals surface area contributed by atoms with Gasteiger partial charge in [0.2, 0.25) is 0 Å². The molecule has 0 fully saturated rings. The predicted molar refractivity (Wildman–Crippen MR) is 77.5 cm³/mol. The zero-order valence-corrected chi connectivity index (χ0v) is 11.8. The van der Waals surface area contributed by atoms with Crippen molar-refractivity contribution in [3.05, 3.63) is 47.8 Å². The van der Waals surface area contributed by atoms with Crippen molar-refractivity contribution in [3.63, 3.8) is 0 Å². The second-order valence-corrected chi connectivity index (χ2v) is 4.60. The molecule has 0 aliphatic heterocycles. The molecule has 0 saturated carbocycles. The van der Waals surface area contributed by atoms with Gasteiger partial charge in [0.05, 0.1) is 14.2 Å². The number of benzene rings is 2. The van der Waals surface area contributed by atoms with Gasteiger partial charge in [0.1, 0.15) is 5.82 Å². The van der Waals surface area contributed by atoms with Gasteiger partial charge < -0.3 is 15.2 Å². The molecule has 1 atom stereocenters. The van der Waals surface area contributed by atoms with Gasteiger partial charge in [-0.05, 0) is 42.3 Å². The first-order chi connectivity index (χ1) is 9.56. The number of rotatable bonds is 4. The van der Waals surface area contributed by atoms with E-state index >= 15 is 0 Å². The van der Waals surface area contributed by atoms with Gasteiger partial charge in [-0.3, -0.25) is 0 Å². The molecule has 0 heterocycles. The number of nitrogens with two attached hydrogens (primary N) is 1. The third-order valence-electron chi connectivity index (χ3n) is 3.21. The molecule has 2 aromatic rings. The van der Waals surface area contributed by atoms with Gasteiger partial charge in [-0.15, -0.1) is 0 Å². The molecule has 1 unspecified atom stereocenters. The number of methoxy groups -OCH3 is 2. The smallest absolute Gasteiger partial charge is 0.161 e. The summed E-state index contributed by atoms with van der Waals surface area (Å²) >= 11 is 0. The van der Waals surface area contributed by atoms with Crippen molar-refractivity contribution in [3.8, 4) is 22.6 Å². The highest BCUT2D eigenvalue weighted by Crippen LogP contribution is 2.34. The van der Waals surface area contributed by atoms with E-state index in [4.69, 9.17) is 15.2 Å². The maximum Gasteiger partial charge on any atom is 0.161 e. The van der Waals surface area contributed by atoms with E-state index in [1.54, 1.807) is 44.6 Å². The predicted octanol–water partition coefficient (Wildman–Crippen LogP) is 3.53. The maximum absolute atomic E-state index is 14.0. The summed E-state index contributed by atoms with van der Waals surface area (Å²) in [6, 6.07) is 10.1. The molecule has 0 radical (unpaired) electrons. The fraction of sp³-hybridized carbons (Fsp3) is 0.250. The summed E-state index contributed by atoms with van der Waals surface area (Å²) in [6.07, 6.45) is 0. The SMILES string of the molecule is COc1ccc(-c2cc(C(C)N)ccc2F)cc1OC. The summed E-state index contributed by atoms with van der Waals surface area (Å²) in [4.78, 5) is 0. The van der Waals surface area contributed by atoms with E-state index in [9.17, 15) is 4.39 Å². The Balaban J connectivity index is 2.53. The molecule has 2 aromatic carbocycles. The molecule has 0 aliphatic rings. The minimum absolute atomic E-state index is 0.144. The van der Waals surface area contributed by atoms with Gasteiger partial charge >= 0.3 is 0 Å². The van der Waals surface area contributed by atoms with Crippen molar-refractivity contribution in [1.29, 1.82) is 0 Å². The van der Waals surface area contributed by atoms with Crippen LogP contribution in [0.5, 0.6) is 11.5 Å². The molecule has 3 nitrogen and oxygen atoms in total. The molecule has 4 heteroatoms. The topological polar surface area (TPSA) is 44.5 Å². The lowest BCUT2D eigenvalue weighted by Crippen LogP contribution is -2.05. The Morgan fingerprint density at radius 2 is 1.70 bits per heavy atom. The first kappa shape index (κ1) is 14.3. The molecule has 0 spiro atoms. The quantitative estimate of drug-likeness (QED) is 0.928. The molecule has 20 heavy (non-hydrogen) atoms. The van der Waals surface area contributed by atoms with Crippen molar-refractivity contribution >= 4 is 0 Å². The Bertz CT molecular complexity index is 611. The Kier molecular flexibility index (Phi) is 4.25. The molecular weight excluding hydrogens is 257 g/mol. The van der Waals surface area contributed by atoms with Crippen LogP contribution in [0.1, 0.15) is 18.5 Å². The van der Waals surface area contributed by atoms with Crippen LogP contribution in [0.4, 0.5) is 4.39 Å². The van der Waals surface area contributed by atoms with E-state index in [1.165, 1.54) is 6.07 Å². The standard InChI is InChI=1S/C16H18FNO2/c1-10(18)11-4-6-14(17)13(8-11)12-5-7-15(19-2)16(9-12)20-3/h4-10H,18H2,1-3H3. The highest BCUT2D eigenvalue weighted by atomic mass is 19.1. The van der Waals surface area contributed by atoms with Gasteiger partial charge in [0.25, 0.3) is 0 Å². The molecule has 2 N–H and O–H groups in total. The normalized spacial score (nSPS) is 12.1. The summed E-state index contributed by atoms with van der Waals surface area (Å²) in [5.41, 5.74) is 7.96. The van der Waals surface area contributed by atoms with Crippen molar-refractivity contribution < 1.29 is 13.9 Å². The van der Waals surface area contributed by atoms with Gasteiger partial charge in [-0.1, -0.05) is 12.1 Å². The molecular formula is C16H18FNO2. The molecule has 0 amide bonds. The molecule has 0 saturated heterocycles. The Hall–Kier alpha value is -2.07. The third kappa shape index (κ3) is 2.75. The van der Waals surface area contributed by atoms with Crippen molar-refractivity contribution in [1.82, 2.24) is 0 Å². The van der Waals surface area contributed by atoms with Crippen LogP contribution >= 0.6 is 0 Å². The Morgan fingerprint density at radius 3 is 2.30 bits per heavy atom. The lowest BCUT2D eigenvalue weighted by Gasteiger charge is -2.12. The van der Waals surface area contributed by atoms with Gasteiger partial charge in [0.15, 0.2) is 11.5 Å². The van der Waals surface area contributed by atoms with Gasteiger partial charge in [-0.25, -0.2) is 4.39 Å². The lowest BCUT2D eigenvalue weighted by molar-refractivity contribution is 0.355. The van der Waals surface area contributed by atoms with Crippen LogP contribution in [0.3, 0.4) is 0 Å². The number of ether oxygens (including phenoxy) is 2. The van der Waals surface area contributed by atoms with Crippen LogP contribution in [-0.2, 0) is 0 Å². The molecule has 0 bridgehead atoms. The van der Waals surface area contributed by atoms with Crippen LogP contribution in [0.15, 0.2) is 36.4 Å². The molecule has 0 aromatic heterocycles. The lowest BCUT2D eigenvalue weighted by atomic mass is 9.99. The van der Waals surface area contributed by atoms with E-state index in [2.05, 4.69) is 0 Å². The Morgan fingerprint density at radius 1 is 1.00 bits per heavy atom. The highest BCUT2D eigenvalue weighted by Gasteiger charge is 2.11. The number of hydrogen-bond donors (Lipinski definition) is 1. The third-order valence-corrected chi connectivity index (χ3v) is 3.21. The van der Waals surface area contributed by atoms with Crippen LogP contribution in [0.25, 0.3) is 11.1 Å². The van der Waals surface area contributed by atoms with Crippen molar-refractivity contribution in [2.45, 2.75) is 13.0 Å². The first-order valence-corrected chi connectivity index (χ1v) is 6.34. The van der Waals surface area contributed by atoms with E-state index in [-0.39, 0.29) is 11.9 Å². The first-order valence-electron chi connectivity index (χ1n) is 6.34. The fourth-order valence-corrected chi connectivity index (χ4v) is 2.05. The minimum Gasteiger partial charge on any atom is -0.493 e. The minimum atomic E-state index is -0.290. The summed E-state index contributed by atoms with van der Waals surface area (Å²) in [5, 5.41) is 0. The zero-order valence-electron chi connectivity index (χ0n) is 11.8. The second kappa shape index (κ2) is 5.92. The second-order valence-electron chi connectivity index (χ2n) is 4.60. The Labute approximate surface area is 118 Å².